The number of carbonyl (C=O) groups excluding carboxylic acids is 1. The smallest absolute Gasteiger partial charge is 0.274 e. The molecule has 1 amide bonds. The SMILES string of the molecule is Cc1csc(C2(NC(=O)c3nnn(C4CCNCC4)c3C)CCC2)n1.Cl.Cl. The molecule has 3 heterocycles. The predicted octanol–water partition coefficient (Wildman–Crippen LogP) is 2.93. The minimum absolute atomic E-state index is 0. The van der Waals surface area contributed by atoms with Crippen molar-refractivity contribution >= 4 is 42.1 Å². The third-order valence-electron chi connectivity index (χ3n) is 5.39. The van der Waals surface area contributed by atoms with Gasteiger partial charge in [0.15, 0.2) is 5.69 Å². The monoisotopic (exact) mass is 432 g/mol. The first-order valence-electron chi connectivity index (χ1n) is 8.97. The summed E-state index contributed by atoms with van der Waals surface area (Å²) in [5, 5.41) is 18.1. The van der Waals surface area contributed by atoms with Crippen LogP contribution in [0.2, 0.25) is 0 Å². The van der Waals surface area contributed by atoms with E-state index in [-0.39, 0.29) is 36.3 Å². The summed E-state index contributed by atoms with van der Waals surface area (Å²) in [4.78, 5) is 17.5. The van der Waals surface area contributed by atoms with Crippen molar-refractivity contribution in [2.24, 2.45) is 0 Å². The summed E-state index contributed by atoms with van der Waals surface area (Å²) in [6.45, 7) is 5.90. The van der Waals surface area contributed by atoms with Crippen molar-refractivity contribution in [1.29, 1.82) is 0 Å². The maximum Gasteiger partial charge on any atom is 0.274 e. The van der Waals surface area contributed by atoms with Gasteiger partial charge in [0.2, 0.25) is 0 Å². The van der Waals surface area contributed by atoms with Crippen molar-refractivity contribution < 1.29 is 4.79 Å². The Bertz CT molecular complexity index is 782. The van der Waals surface area contributed by atoms with Crippen LogP contribution in [0, 0.1) is 13.8 Å². The van der Waals surface area contributed by atoms with Gasteiger partial charge in [-0.1, -0.05) is 5.21 Å². The molecule has 0 bridgehead atoms. The molecule has 1 aliphatic heterocycles. The van der Waals surface area contributed by atoms with Crippen LogP contribution in [0.15, 0.2) is 5.38 Å². The molecule has 2 aliphatic rings. The summed E-state index contributed by atoms with van der Waals surface area (Å²) in [6.07, 6.45) is 5.03. The zero-order chi connectivity index (χ0) is 17.4. The van der Waals surface area contributed by atoms with Gasteiger partial charge in [0.05, 0.1) is 17.3 Å². The van der Waals surface area contributed by atoms with E-state index in [0.29, 0.717) is 11.7 Å². The normalized spacial score (nSPS) is 18.7. The van der Waals surface area contributed by atoms with Crippen LogP contribution in [-0.2, 0) is 5.54 Å². The molecule has 0 radical (unpaired) electrons. The summed E-state index contributed by atoms with van der Waals surface area (Å²) in [5.74, 6) is -0.134. The van der Waals surface area contributed by atoms with E-state index < -0.39 is 0 Å². The third kappa shape index (κ3) is 4.13. The number of hydrogen-bond donors (Lipinski definition) is 2. The first kappa shape index (κ1) is 22.1. The summed E-state index contributed by atoms with van der Waals surface area (Å²) in [7, 11) is 0. The van der Waals surface area contributed by atoms with Crippen molar-refractivity contribution in [3.63, 3.8) is 0 Å². The highest BCUT2D eigenvalue weighted by Crippen LogP contribution is 2.42. The number of hydrogen-bond acceptors (Lipinski definition) is 6. The van der Waals surface area contributed by atoms with Crippen molar-refractivity contribution in [3.05, 3.63) is 27.5 Å². The second-order valence-corrected chi connectivity index (χ2v) is 7.99. The minimum Gasteiger partial charge on any atom is -0.339 e. The van der Waals surface area contributed by atoms with Crippen LogP contribution in [0.25, 0.3) is 0 Å². The molecule has 2 fully saturated rings. The lowest BCUT2D eigenvalue weighted by molar-refractivity contribution is 0.0816. The highest BCUT2D eigenvalue weighted by atomic mass is 35.5. The first-order valence-corrected chi connectivity index (χ1v) is 9.85. The molecule has 7 nitrogen and oxygen atoms in total. The van der Waals surface area contributed by atoms with E-state index in [1.165, 1.54) is 0 Å². The summed E-state index contributed by atoms with van der Waals surface area (Å²) >= 11 is 1.63. The quantitative estimate of drug-likeness (QED) is 0.775. The van der Waals surface area contributed by atoms with Crippen LogP contribution < -0.4 is 10.6 Å². The third-order valence-corrected chi connectivity index (χ3v) is 6.55. The maximum absolute atomic E-state index is 12.9. The van der Waals surface area contributed by atoms with Crippen LogP contribution in [-0.4, -0.2) is 39.0 Å². The largest absolute Gasteiger partial charge is 0.339 e. The molecule has 2 N–H and O–H groups in total. The topological polar surface area (TPSA) is 84.7 Å². The number of thiazole rings is 1. The summed E-state index contributed by atoms with van der Waals surface area (Å²) < 4.78 is 1.93. The zero-order valence-corrected chi connectivity index (χ0v) is 18.0. The summed E-state index contributed by atoms with van der Waals surface area (Å²) in [5.41, 5.74) is 1.99. The number of rotatable bonds is 4. The fourth-order valence-electron chi connectivity index (χ4n) is 3.72. The average molecular weight is 433 g/mol. The molecule has 2 aromatic rings. The van der Waals surface area contributed by atoms with Crippen LogP contribution in [0.3, 0.4) is 0 Å². The van der Waals surface area contributed by atoms with E-state index in [9.17, 15) is 4.79 Å². The highest BCUT2D eigenvalue weighted by Gasteiger charge is 2.43. The highest BCUT2D eigenvalue weighted by molar-refractivity contribution is 7.09. The maximum atomic E-state index is 12.9. The lowest BCUT2D eigenvalue weighted by Crippen LogP contribution is -2.51. The molecule has 1 saturated heterocycles. The van der Waals surface area contributed by atoms with Gasteiger partial charge in [-0.3, -0.25) is 4.79 Å². The fraction of sp³-hybridized carbons (Fsp3) is 0.647. The molecule has 0 aromatic carbocycles. The summed E-state index contributed by atoms with van der Waals surface area (Å²) in [6, 6.07) is 0.328. The predicted molar refractivity (Wildman–Crippen MR) is 110 cm³/mol. The molecular weight excluding hydrogens is 407 g/mol. The number of nitrogens with zero attached hydrogens (tertiary/aromatic N) is 4. The zero-order valence-electron chi connectivity index (χ0n) is 15.5. The van der Waals surface area contributed by atoms with Crippen LogP contribution in [0.5, 0.6) is 0 Å². The number of piperidine rings is 1. The Morgan fingerprint density at radius 2 is 2.00 bits per heavy atom. The van der Waals surface area contributed by atoms with Gasteiger partial charge < -0.3 is 10.6 Å². The Balaban J connectivity index is 0.00000131. The lowest BCUT2D eigenvalue weighted by atomic mass is 9.77. The molecule has 0 spiro atoms. The molecule has 4 rings (SSSR count). The Labute approximate surface area is 175 Å². The van der Waals surface area contributed by atoms with Crippen molar-refractivity contribution in [1.82, 2.24) is 30.6 Å². The lowest BCUT2D eigenvalue weighted by Gasteiger charge is -2.40. The van der Waals surface area contributed by atoms with E-state index in [0.717, 1.165) is 61.6 Å². The Morgan fingerprint density at radius 1 is 1.30 bits per heavy atom. The van der Waals surface area contributed by atoms with Gasteiger partial charge >= 0.3 is 0 Å². The molecule has 1 saturated carbocycles. The molecule has 10 heteroatoms. The van der Waals surface area contributed by atoms with Crippen LogP contribution >= 0.6 is 36.2 Å². The van der Waals surface area contributed by atoms with Gasteiger partial charge in [-0.25, -0.2) is 9.67 Å². The van der Waals surface area contributed by atoms with E-state index in [2.05, 4.69) is 25.9 Å². The molecule has 0 unspecified atom stereocenters. The number of aromatic nitrogens is 4. The van der Waals surface area contributed by atoms with E-state index in [4.69, 9.17) is 0 Å². The van der Waals surface area contributed by atoms with E-state index >= 15 is 0 Å². The molecule has 150 valence electrons. The van der Waals surface area contributed by atoms with Gasteiger partial charge in [0, 0.05) is 11.1 Å². The van der Waals surface area contributed by atoms with Gasteiger partial charge in [-0.05, 0) is 59.0 Å². The second-order valence-electron chi connectivity index (χ2n) is 7.13. The van der Waals surface area contributed by atoms with E-state index in [1.807, 2.05) is 23.9 Å². The van der Waals surface area contributed by atoms with Gasteiger partial charge in [0.25, 0.3) is 5.91 Å². The Hall–Kier alpha value is -1.22. The fourth-order valence-corrected chi connectivity index (χ4v) is 4.73. The number of aryl methyl sites for hydroxylation is 1. The molecule has 27 heavy (non-hydrogen) atoms. The number of halogens is 2. The van der Waals surface area contributed by atoms with Crippen molar-refractivity contribution in [2.45, 2.75) is 57.5 Å². The van der Waals surface area contributed by atoms with E-state index in [1.54, 1.807) is 11.3 Å². The molecular formula is C17H26Cl2N6OS. The molecule has 2 aromatic heterocycles. The number of amides is 1. The Morgan fingerprint density at radius 3 is 2.56 bits per heavy atom. The van der Waals surface area contributed by atoms with Crippen molar-refractivity contribution in [3.8, 4) is 0 Å². The van der Waals surface area contributed by atoms with Gasteiger partial charge in [-0.15, -0.1) is 41.2 Å². The number of nitrogens with one attached hydrogen (secondary N) is 2. The Kier molecular flexibility index (Phi) is 7.24. The first-order chi connectivity index (χ1) is 12.1. The van der Waals surface area contributed by atoms with Gasteiger partial charge in [-0.2, -0.15) is 0 Å². The molecule has 0 atom stereocenters. The van der Waals surface area contributed by atoms with Crippen LogP contribution in [0.1, 0.15) is 65.0 Å². The number of carbonyl (C=O) groups is 1. The average Bonchev–Trinajstić information content (AvgIpc) is 3.18. The minimum atomic E-state index is -0.318. The second kappa shape index (κ2) is 8.86. The van der Waals surface area contributed by atoms with Crippen molar-refractivity contribution in [2.75, 3.05) is 13.1 Å². The standard InChI is InChI=1S/C17H24N6OS.2ClH/c1-11-10-25-16(19-11)17(6-3-7-17)20-15(24)14-12(2)23(22-21-14)13-4-8-18-9-5-13;;/h10,13,18H,3-9H2,1-2H3,(H,20,24);2*1H. The molecule has 1 aliphatic carbocycles. The van der Waals surface area contributed by atoms with Gasteiger partial charge in [0.1, 0.15) is 5.01 Å². The van der Waals surface area contributed by atoms with Crippen LogP contribution in [0.4, 0.5) is 0 Å².